The van der Waals surface area contributed by atoms with Crippen LogP contribution in [0.2, 0.25) is 0 Å². The van der Waals surface area contributed by atoms with Crippen LogP contribution in [0.1, 0.15) is 15.9 Å². The van der Waals surface area contributed by atoms with E-state index < -0.39 is 5.91 Å². The van der Waals surface area contributed by atoms with Crippen LogP contribution in [0.3, 0.4) is 0 Å². The van der Waals surface area contributed by atoms with Gasteiger partial charge in [-0.05, 0) is 5.56 Å². The zero-order valence-corrected chi connectivity index (χ0v) is 10.7. The Hall–Kier alpha value is -2.87. The summed E-state index contributed by atoms with van der Waals surface area (Å²) in [6, 6.07) is 12.6. The molecule has 0 radical (unpaired) electrons. The third-order valence-corrected chi connectivity index (χ3v) is 2.82. The zero-order valence-electron chi connectivity index (χ0n) is 10.7. The lowest BCUT2D eigenvalue weighted by Gasteiger charge is -2.19. The van der Waals surface area contributed by atoms with Crippen molar-refractivity contribution in [1.82, 2.24) is 9.88 Å². The minimum Gasteiger partial charge on any atom is -0.367 e. The van der Waals surface area contributed by atoms with E-state index in [1.165, 1.54) is 23.4 Å². The normalized spacial score (nSPS) is 9.75. The predicted molar refractivity (Wildman–Crippen MR) is 73.9 cm³/mol. The molecule has 5 heteroatoms. The van der Waals surface area contributed by atoms with E-state index in [1.54, 1.807) is 0 Å². The molecule has 2 rings (SSSR count). The van der Waals surface area contributed by atoms with Gasteiger partial charge in [-0.25, -0.2) is 0 Å². The molecule has 0 spiro atoms. The molecule has 2 aromatic rings. The molecular weight excluding hydrogens is 254 g/mol. The number of nitrogens with zero attached hydrogens (tertiary/aromatic N) is 2. The number of pyridine rings is 1. The Bertz CT molecular complexity index is 686. The Labute approximate surface area is 116 Å². The quantitative estimate of drug-likeness (QED) is 0.853. The van der Waals surface area contributed by atoms with E-state index in [4.69, 9.17) is 5.26 Å². The second-order valence-corrected chi connectivity index (χ2v) is 4.23. The van der Waals surface area contributed by atoms with E-state index >= 15 is 0 Å². The van der Waals surface area contributed by atoms with Crippen LogP contribution < -0.4 is 5.43 Å². The summed E-state index contributed by atoms with van der Waals surface area (Å²) >= 11 is 0. The Morgan fingerprint density at radius 3 is 2.65 bits per heavy atom. The van der Waals surface area contributed by atoms with Gasteiger partial charge in [-0.2, -0.15) is 5.26 Å². The van der Waals surface area contributed by atoms with Crippen LogP contribution >= 0.6 is 0 Å². The van der Waals surface area contributed by atoms with Crippen molar-refractivity contribution >= 4 is 5.91 Å². The zero-order chi connectivity index (χ0) is 14.4. The molecule has 0 unspecified atom stereocenters. The summed E-state index contributed by atoms with van der Waals surface area (Å²) in [5.74, 6) is -0.447. The SMILES string of the molecule is N#CCN(Cc1ccccc1)C(=O)c1c[nH]ccc1=O. The van der Waals surface area contributed by atoms with Crippen LogP contribution in [0.25, 0.3) is 0 Å². The van der Waals surface area contributed by atoms with Crippen molar-refractivity contribution in [2.24, 2.45) is 0 Å². The van der Waals surface area contributed by atoms with E-state index in [2.05, 4.69) is 4.98 Å². The first kappa shape index (κ1) is 13.6. The van der Waals surface area contributed by atoms with Gasteiger partial charge in [-0.3, -0.25) is 9.59 Å². The van der Waals surface area contributed by atoms with Gasteiger partial charge in [0, 0.05) is 25.0 Å². The Kier molecular flexibility index (Phi) is 4.30. The van der Waals surface area contributed by atoms with Crippen molar-refractivity contribution in [2.45, 2.75) is 6.54 Å². The maximum atomic E-state index is 12.3. The summed E-state index contributed by atoms with van der Waals surface area (Å²) in [4.78, 5) is 28.0. The number of nitrogens with one attached hydrogen (secondary N) is 1. The molecule has 1 N–H and O–H groups in total. The van der Waals surface area contributed by atoms with Gasteiger partial charge in [0.15, 0.2) is 5.43 Å². The second kappa shape index (κ2) is 6.34. The van der Waals surface area contributed by atoms with Gasteiger partial charge >= 0.3 is 0 Å². The van der Waals surface area contributed by atoms with Crippen LogP contribution in [0.15, 0.2) is 53.6 Å². The maximum absolute atomic E-state index is 12.3. The third kappa shape index (κ3) is 3.12. The number of nitriles is 1. The van der Waals surface area contributed by atoms with Gasteiger partial charge in [0.1, 0.15) is 12.1 Å². The van der Waals surface area contributed by atoms with Gasteiger partial charge in [-0.1, -0.05) is 30.3 Å². The van der Waals surface area contributed by atoms with E-state index in [0.29, 0.717) is 6.54 Å². The molecule has 1 amide bonds. The van der Waals surface area contributed by atoms with Crippen molar-refractivity contribution < 1.29 is 4.79 Å². The molecule has 0 aliphatic rings. The predicted octanol–water partition coefficient (Wildman–Crippen LogP) is 1.54. The number of amides is 1. The highest BCUT2D eigenvalue weighted by atomic mass is 16.2. The molecule has 5 nitrogen and oxygen atoms in total. The van der Waals surface area contributed by atoms with Crippen LogP contribution in [-0.4, -0.2) is 22.3 Å². The minimum absolute atomic E-state index is 0.0404. The van der Waals surface area contributed by atoms with Gasteiger partial charge in [-0.15, -0.1) is 0 Å². The van der Waals surface area contributed by atoms with Crippen LogP contribution in [0.5, 0.6) is 0 Å². The van der Waals surface area contributed by atoms with E-state index in [9.17, 15) is 9.59 Å². The molecular formula is C15H13N3O2. The van der Waals surface area contributed by atoms with Crippen molar-refractivity contribution in [3.63, 3.8) is 0 Å². The first-order valence-corrected chi connectivity index (χ1v) is 6.09. The maximum Gasteiger partial charge on any atom is 0.260 e. The molecule has 0 saturated carbocycles. The van der Waals surface area contributed by atoms with Crippen molar-refractivity contribution in [1.29, 1.82) is 5.26 Å². The molecule has 1 heterocycles. The molecule has 0 aliphatic heterocycles. The molecule has 0 aliphatic carbocycles. The molecule has 1 aromatic heterocycles. The van der Waals surface area contributed by atoms with Gasteiger partial charge in [0.2, 0.25) is 0 Å². The standard InChI is InChI=1S/C15H13N3O2/c16-7-9-18(11-12-4-2-1-3-5-12)15(20)13-10-17-8-6-14(13)19/h1-6,8,10H,9,11H2,(H,17,19). The Morgan fingerprint density at radius 2 is 2.00 bits per heavy atom. The average molecular weight is 267 g/mol. The lowest BCUT2D eigenvalue weighted by Crippen LogP contribution is -2.34. The number of carbonyl (C=O) groups is 1. The lowest BCUT2D eigenvalue weighted by molar-refractivity contribution is 0.0763. The van der Waals surface area contributed by atoms with Gasteiger partial charge < -0.3 is 9.88 Å². The van der Waals surface area contributed by atoms with Crippen LogP contribution in [-0.2, 0) is 6.54 Å². The number of benzene rings is 1. The summed E-state index contributed by atoms with van der Waals surface area (Å²) in [6.07, 6.45) is 2.82. The number of rotatable bonds is 4. The van der Waals surface area contributed by atoms with Gasteiger partial charge in [0.25, 0.3) is 5.91 Å². The number of aromatic amines is 1. The first-order valence-electron chi connectivity index (χ1n) is 6.09. The summed E-state index contributed by atoms with van der Waals surface area (Å²) < 4.78 is 0. The third-order valence-electron chi connectivity index (χ3n) is 2.82. The topological polar surface area (TPSA) is 77.0 Å². The smallest absolute Gasteiger partial charge is 0.260 e. The van der Waals surface area contributed by atoms with Crippen LogP contribution in [0.4, 0.5) is 0 Å². The lowest BCUT2D eigenvalue weighted by atomic mass is 10.2. The number of H-pyrrole nitrogens is 1. The number of aromatic nitrogens is 1. The monoisotopic (exact) mass is 267 g/mol. The minimum atomic E-state index is -0.447. The highest BCUT2D eigenvalue weighted by Gasteiger charge is 2.18. The highest BCUT2D eigenvalue weighted by molar-refractivity contribution is 5.93. The summed E-state index contributed by atoms with van der Waals surface area (Å²) in [5.41, 5.74) is 0.590. The molecule has 100 valence electrons. The summed E-state index contributed by atoms with van der Waals surface area (Å²) in [5, 5.41) is 8.85. The Morgan fingerprint density at radius 1 is 1.25 bits per heavy atom. The second-order valence-electron chi connectivity index (χ2n) is 4.23. The molecule has 0 fully saturated rings. The highest BCUT2D eigenvalue weighted by Crippen LogP contribution is 2.07. The number of hydrogen-bond donors (Lipinski definition) is 1. The summed E-state index contributed by atoms with van der Waals surface area (Å²) in [6.45, 7) is 0.226. The Balaban J connectivity index is 2.25. The van der Waals surface area contributed by atoms with Crippen molar-refractivity contribution in [3.05, 3.63) is 70.1 Å². The van der Waals surface area contributed by atoms with Crippen LogP contribution in [0, 0.1) is 11.3 Å². The molecule has 1 aromatic carbocycles. The fraction of sp³-hybridized carbons (Fsp3) is 0.133. The first-order chi connectivity index (χ1) is 9.72. The number of carbonyl (C=O) groups excluding carboxylic acids is 1. The van der Waals surface area contributed by atoms with Crippen molar-refractivity contribution in [2.75, 3.05) is 6.54 Å². The molecule has 20 heavy (non-hydrogen) atoms. The summed E-state index contributed by atoms with van der Waals surface area (Å²) in [7, 11) is 0. The van der Waals surface area contributed by atoms with Gasteiger partial charge in [0.05, 0.1) is 6.07 Å². The van der Waals surface area contributed by atoms with E-state index in [0.717, 1.165) is 5.56 Å². The van der Waals surface area contributed by atoms with Crippen molar-refractivity contribution in [3.8, 4) is 6.07 Å². The molecule has 0 atom stereocenters. The molecule has 0 bridgehead atoms. The fourth-order valence-electron chi connectivity index (χ4n) is 1.84. The van der Waals surface area contributed by atoms with E-state index in [1.807, 2.05) is 36.4 Å². The largest absolute Gasteiger partial charge is 0.367 e. The fourth-order valence-corrected chi connectivity index (χ4v) is 1.84. The molecule has 0 saturated heterocycles. The average Bonchev–Trinajstić information content (AvgIpc) is 2.48. The number of hydrogen-bond acceptors (Lipinski definition) is 3. The van der Waals surface area contributed by atoms with E-state index in [-0.39, 0.29) is 17.5 Å².